The number of ether oxygens (including phenoxy) is 1. The van der Waals surface area contributed by atoms with Crippen LogP contribution in [0.1, 0.15) is 11.1 Å². The van der Waals surface area contributed by atoms with E-state index in [0.29, 0.717) is 26.5 Å². The van der Waals surface area contributed by atoms with Crippen molar-refractivity contribution >= 4 is 51.9 Å². The van der Waals surface area contributed by atoms with Crippen LogP contribution in [0.15, 0.2) is 47.6 Å². The van der Waals surface area contributed by atoms with E-state index in [4.69, 9.17) is 28.6 Å². The normalized spacial score (nSPS) is 16.1. The Balaban J connectivity index is 1.82. The van der Waals surface area contributed by atoms with Crippen LogP contribution in [0.2, 0.25) is 5.02 Å². The van der Waals surface area contributed by atoms with Gasteiger partial charge < -0.3 is 4.74 Å². The van der Waals surface area contributed by atoms with Gasteiger partial charge in [0.1, 0.15) is 10.1 Å². The molecular formula is C17H13ClN2O2S2. The van der Waals surface area contributed by atoms with Crippen LogP contribution in [0.4, 0.5) is 0 Å². The molecule has 0 radical (unpaired) electrons. The number of carbonyl (C=O) groups is 1. The van der Waals surface area contributed by atoms with Crippen LogP contribution in [0, 0.1) is 0 Å². The molecule has 1 fully saturated rings. The maximum atomic E-state index is 12.6. The van der Waals surface area contributed by atoms with Crippen molar-refractivity contribution in [3.63, 3.8) is 0 Å². The average Bonchev–Trinajstić information content (AvgIpc) is 2.84. The summed E-state index contributed by atoms with van der Waals surface area (Å²) in [5, 5.41) is 0.497. The predicted molar refractivity (Wildman–Crippen MR) is 101 cm³/mol. The van der Waals surface area contributed by atoms with Crippen molar-refractivity contribution in [3.05, 3.63) is 63.8 Å². The molecule has 0 spiro atoms. The lowest BCUT2D eigenvalue weighted by molar-refractivity contribution is -0.122. The molecule has 2 aromatic rings. The lowest BCUT2D eigenvalue weighted by Crippen LogP contribution is -2.27. The summed E-state index contributed by atoms with van der Waals surface area (Å²) < 4.78 is 5.67. The summed E-state index contributed by atoms with van der Waals surface area (Å²) in [6, 6.07) is 9.12. The standard InChI is InChI=1S/C17H13ClN2O2S2/c1-22-14-5-4-11(7-13(14)18)8-15-16(21)20(17(23)24-15)10-12-3-2-6-19-9-12/h2-9H,10H2,1H3/b15-8-. The third kappa shape index (κ3) is 3.61. The number of pyridine rings is 1. The van der Waals surface area contributed by atoms with E-state index in [2.05, 4.69) is 4.98 Å². The van der Waals surface area contributed by atoms with Gasteiger partial charge in [-0.25, -0.2) is 0 Å². The molecule has 0 atom stereocenters. The fourth-order valence-electron chi connectivity index (χ4n) is 2.23. The van der Waals surface area contributed by atoms with E-state index in [-0.39, 0.29) is 5.91 Å². The first-order valence-electron chi connectivity index (χ1n) is 7.06. The molecule has 0 unspecified atom stereocenters. The summed E-state index contributed by atoms with van der Waals surface area (Å²) in [7, 11) is 1.56. The fraction of sp³-hybridized carbons (Fsp3) is 0.118. The van der Waals surface area contributed by atoms with Crippen LogP contribution < -0.4 is 4.74 Å². The van der Waals surface area contributed by atoms with Crippen LogP contribution in [0.25, 0.3) is 6.08 Å². The molecule has 0 saturated carbocycles. The van der Waals surface area contributed by atoms with Gasteiger partial charge in [-0.05, 0) is 35.4 Å². The number of carbonyl (C=O) groups excluding carboxylic acids is 1. The molecule has 1 saturated heterocycles. The second-order valence-corrected chi connectivity index (χ2v) is 7.11. The Morgan fingerprint density at radius 2 is 2.25 bits per heavy atom. The highest BCUT2D eigenvalue weighted by molar-refractivity contribution is 8.26. The van der Waals surface area contributed by atoms with Crippen molar-refractivity contribution in [3.8, 4) is 5.75 Å². The van der Waals surface area contributed by atoms with Gasteiger partial charge in [-0.3, -0.25) is 14.7 Å². The van der Waals surface area contributed by atoms with Gasteiger partial charge in [-0.15, -0.1) is 0 Å². The fourth-order valence-corrected chi connectivity index (χ4v) is 3.76. The number of hydrogen-bond acceptors (Lipinski definition) is 5. The van der Waals surface area contributed by atoms with Crippen molar-refractivity contribution in [2.45, 2.75) is 6.54 Å². The molecule has 1 amide bonds. The van der Waals surface area contributed by atoms with Crippen molar-refractivity contribution in [1.82, 2.24) is 9.88 Å². The zero-order chi connectivity index (χ0) is 17.1. The van der Waals surface area contributed by atoms with Crippen molar-refractivity contribution in [1.29, 1.82) is 0 Å². The second-order valence-electron chi connectivity index (χ2n) is 5.02. The monoisotopic (exact) mass is 376 g/mol. The lowest BCUT2D eigenvalue weighted by Gasteiger charge is -2.13. The molecule has 4 nitrogen and oxygen atoms in total. The van der Waals surface area contributed by atoms with Gasteiger partial charge in [0.25, 0.3) is 5.91 Å². The molecule has 24 heavy (non-hydrogen) atoms. The Morgan fingerprint density at radius 1 is 1.42 bits per heavy atom. The quantitative estimate of drug-likeness (QED) is 0.592. The minimum Gasteiger partial charge on any atom is -0.495 e. The zero-order valence-electron chi connectivity index (χ0n) is 12.7. The Morgan fingerprint density at radius 3 is 2.92 bits per heavy atom. The van der Waals surface area contributed by atoms with Crippen molar-refractivity contribution in [2.24, 2.45) is 0 Å². The average molecular weight is 377 g/mol. The third-order valence-corrected chi connectivity index (χ3v) is 5.08. The maximum Gasteiger partial charge on any atom is 0.266 e. The van der Waals surface area contributed by atoms with Gasteiger partial charge in [0.05, 0.1) is 23.6 Å². The molecule has 0 bridgehead atoms. The molecule has 122 valence electrons. The summed E-state index contributed by atoms with van der Waals surface area (Å²) in [6.45, 7) is 0.416. The van der Waals surface area contributed by atoms with Crippen molar-refractivity contribution < 1.29 is 9.53 Å². The first-order valence-corrected chi connectivity index (χ1v) is 8.66. The number of amides is 1. The molecule has 0 N–H and O–H groups in total. The number of benzene rings is 1. The third-order valence-electron chi connectivity index (χ3n) is 3.41. The number of hydrogen-bond donors (Lipinski definition) is 0. The van der Waals surface area contributed by atoms with Gasteiger partial charge in [-0.1, -0.05) is 47.7 Å². The lowest BCUT2D eigenvalue weighted by atomic mass is 10.2. The van der Waals surface area contributed by atoms with Crippen LogP contribution in [-0.4, -0.2) is 27.2 Å². The molecule has 1 aliphatic heterocycles. The van der Waals surface area contributed by atoms with Crippen LogP contribution in [0.3, 0.4) is 0 Å². The largest absolute Gasteiger partial charge is 0.495 e. The molecule has 1 aromatic carbocycles. The summed E-state index contributed by atoms with van der Waals surface area (Å²) in [6.07, 6.45) is 5.21. The van der Waals surface area contributed by atoms with E-state index < -0.39 is 0 Å². The van der Waals surface area contributed by atoms with Gasteiger partial charge in [0.2, 0.25) is 0 Å². The smallest absolute Gasteiger partial charge is 0.266 e. The van der Waals surface area contributed by atoms with Gasteiger partial charge in [0, 0.05) is 12.4 Å². The van der Waals surface area contributed by atoms with E-state index in [0.717, 1.165) is 11.1 Å². The summed E-state index contributed by atoms with van der Waals surface area (Å²) >= 11 is 12.7. The SMILES string of the molecule is COc1ccc(/C=C2\SC(=S)N(Cc3cccnc3)C2=O)cc1Cl. The van der Waals surface area contributed by atoms with E-state index in [1.54, 1.807) is 42.6 Å². The number of thioether (sulfide) groups is 1. The molecule has 0 aliphatic carbocycles. The van der Waals surface area contributed by atoms with E-state index in [9.17, 15) is 4.79 Å². The van der Waals surface area contributed by atoms with Crippen molar-refractivity contribution in [2.75, 3.05) is 7.11 Å². The minimum absolute atomic E-state index is 0.110. The number of nitrogens with zero attached hydrogens (tertiary/aromatic N) is 2. The molecule has 1 aromatic heterocycles. The first-order chi connectivity index (χ1) is 11.6. The minimum atomic E-state index is -0.110. The zero-order valence-corrected chi connectivity index (χ0v) is 15.1. The van der Waals surface area contributed by atoms with E-state index >= 15 is 0 Å². The molecule has 7 heteroatoms. The number of methoxy groups -OCH3 is 1. The van der Waals surface area contributed by atoms with Crippen LogP contribution in [0.5, 0.6) is 5.75 Å². The van der Waals surface area contributed by atoms with E-state index in [1.807, 2.05) is 18.2 Å². The first kappa shape index (κ1) is 17.0. The Labute approximate surface area is 154 Å². The summed E-state index contributed by atoms with van der Waals surface area (Å²) in [5.41, 5.74) is 1.75. The molecular weight excluding hydrogens is 364 g/mol. The Hall–Kier alpha value is -1.89. The number of thiocarbonyl (C=S) groups is 1. The Bertz CT molecular complexity index is 825. The highest BCUT2D eigenvalue weighted by Gasteiger charge is 2.32. The molecule has 1 aliphatic rings. The van der Waals surface area contributed by atoms with E-state index in [1.165, 1.54) is 11.8 Å². The maximum absolute atomic E-state index is 12.6. The Kier molecular flexibility index (Phi) is 5.18. The van der Waals surface area contributed by atoms with Crippen LogP contribution in [-0.2, 0) is 11.3 Å². The van der Waals surface area contributed by atoms with Gasteiger partial charge >= 0.3 is 0 Å². The topological polar surface area (TPSA) is 42.4 Å². The molecule has 3 rings (SSSR count). The highest BCUT2D eigenvalue weighted by atomic mass is 35.5. The number of aromatic nitrogens is 1. The second kappa shape index (κ2) is 7.34. The summed E-state index contributed by atoms with van der Waals surface area (Å²) in [4.78, 5) is 18.8. The summed E-state index contributed by atoms with van der Waals surface area (Å²) in [5.74, 6) is 0.485. The van der Waals surface area contributed by atoms with Crippen LogP contribution >= 0.6 is 35.6 Å². The molecule has 2 heterocycles. The van der Waals surface area contributed by atoms with Gasteiger partial charge in [-0.2, -0.15) is 0 Å². The number of rotatable bonds is 4. The predicted octanol–water partition coefficient (Wildman–Crippen LogP) is 4.15. The highest BCUT2D eigenvalue weighted by Crippen LogP contribution is 2.34. The van der Waals surface area contributed by atoms with Gasteiger partial charge in [0.15, 0.2) is 0 Å². The number of halogens is 1.